The van der Waals surface area contributed by atoms with Crippen molar-refractivity contribution in [3.63, 3.8) is 0 Å². The lowest BCUT2D eigenvalue weighted by Gasteiger charge is -2.43. The topological polar surface area (TPSA) is 144 Å². The van der Waals surface area contributed by atoms with Crippen LogP contribution in [0.25, 0.3) is 0 Å². The standard InChI is InChI=1S/C21H26O11/c1-11(23)27-10-17-18(28-12(2)24)19(29-13(3)25)20(30-14(4)26)21(32-17)31-16-7-5-15(9-22)6-8-16/h5-8,17-22H,9-10H2,1-4H3/t17?,18-,19?,20?,21+/m0/s1. The molecule has 0 bridgehead atoms. The van der Waals surface area contributed by atoms with Crippen molar-refractivity contribution >= 4 is 23.9 Å². The van der Waals surface area contributed by atoms with Crippen molar-refractivity contribution in [1.82, 2.24) is 0 Å². The van der Waals surface area contributed by atoms with Gasteiger partial charge in [-0.15, -0.1) is 0 Å². The van der Waals surface area contributed by atoms with Crippen molar-refractivity contribution < 1.29 is 52.7 Å². The van der Waals surface area contributed by atoms with Gasteiger partial charge in [-0.1, -0.05) is 12.1 Å². The van der Waals surface area contributed by atoms with E-state index in [1.807, 2.05) is 0 Å². The summed E-state index contributed by atoms with van der Waals surface area (Å²) in [6.07, 6.45) is -6.28. The molecule has 1 aliphatic rings. The lowest BCUT2D eigenvalue weighted by atomic mass is 9.98. The fourth-order valence-corrected chi connectivity index (χ4v) is 3.09. The maximum absolute atomic E-state index is 11.8. The molecule has 11 nitrogen and oxygen atoms in total. The fourth-order valence-electron chi connectivity index (χ4n) is 3.09. The first kappa shape index (κ1) is 25.1. The number of aliphatic hydroxyl groups excluding tert-OH is 1. The summed E-state index contributed by atoms with van der Waals surface area (Å²) in [6.45, 7) is 4.09. The van der Waals surface area contributed by atoms with Gasteiger partial charge in [0.05, 0.1) is 6.61 Å². The minimum Gasteiger partial charge on any atom is -0.463 e. The SMILES string of the molecule is CC(=O)OCC1O[C@@H](Oc2ccc(CO)cc2)C(OC(C)=O)C(OC(C)=O)[C@H]1OC(C)=O. The van der Waals surface area contributed by atoms with Gasteiger partial charge in [0.25, 0.3) is 0 Å². The quantitative estimate of drug-likeness (QED) is 0.436. The number of carbonyl (C=O) groups is 4. The third-order valence-electron chi connectivity index (χ3n) is 4.31. The first-order chi connectivity index (χ1) is 15.1. The van der Waals surface area contributed by atoms with Crippen LogP contribution >= 0.6 is 0 Å². The monoisotopic (exact) mass is 454 g/mol. The van der Waals surface area contributed by atoms with E-state index in [1.165, 1.54) is 6.92 Å². The Morgan fingerprint density at radius 1 is 0.812 bits per heavy atom. The van der Waals surface area contributed by atoms with Crippen LogP contribution in [0.5, 0.6) is 5.75 Å². The molecule has 5 atom stereocenters. The Hall–Kier alpha value is -3.18. The molecule has 0 spiro atoms. The molecular weight excluding hydrogens is 428 g/mol. The van der Waals surface area contributed by atoms with Gasteiger partial charge in [0, 0.05) is 27.7 Å². The van der Waals surface area contributed by atoms with Crippen LogP contribution in [0.4, 0.5) is 0 Å². The molecule has 1 aromatic rings. The summed E-state index contributed by atoms with van der Waals surface area (Å²) in [4.78, 5) is 46.6. The number of esters is 4. The summed E-state index contributed by atoms with van der Waals surface area (Å²) in [5.41, 5.74) is 0.638. The Balaban J connectivity index is 2.42. The van der Waals surface area contributed by atoms with Gasteiger partial charge in [-0.3, -0.25) is 19.2 Å². The fraction of sp³-hybridized carbons (Fsp3) is 0.524. The van der Waals surface area contributed by atoms with Crippen LogP contribution < -0.4 is 4.74 Å². The maximum atomic E-state index is 11.8. The summed E-state index contributed by atoms with van der Waals surface area (Å²) in [7, 11) is 0. The van der Waals surface area contributed by atoms with Crippen molar-refractivity contribution in [3.8, 4) is 5.75 Å². The average molecular weight is 454 g/mol. The molecule has 0 aromatic heterocycles. The molecule has 1 heterocycles. The van der Waals surface area contributed by atoms with Crippen LogP contribution in [0.15, 0.2) is 24.3 Å². The van der Waals surface area contributed by atoms with E-state index < -0.39 is 54.6 Å². The third kappa shape index (κ3) is 7.20. The average Bonchev–Trinajstić information content (AvgIpc) is 2.70. The second kappa shape index (κ2) is 11.4. The molecule has 2 rings (SSSR count). The molecule has 0 saturated carbocycles. The number of hydrogen-bond donors (Lipinski definition) is 1. The summed E-state index contributed by atoms with van der Waals surface area (Å²) in [5.74, 6) is -2.49. The molecule has 0 aliphatic carbocycles. The molecule has 176 valence electrons. The highest BCUT2D eigenvalue weighted by molar-refractivity contribution is 5.68. The lowest BCUT2D eigenvalue weighted by molar-refractivity contribution is -0.288. The van der Waals surface area contributed by atoms with Crippen molar-refractivity contribution in [3.05, 3.63) is 29.8 Å². The van der Waals surface area contributed by atoms with Gasteiger partial charge in [-0.25, -0.2) is 0 Å². The molecule has 1 N–H and O–H groups in total. The van der Waals surface area contributed by atoms with E-state index in [9.17, 15) is 24.3 Å². The zero-order chi connectivity index (χ0) is 23.8. The first-order valence-electron chi connectivity index (χ1n) is 9.77. The number of benzene rings is 1. The highest BCUT2D eigenvalue weighted by atomic mass is 16.7. The van der Waals surface area contributed by atoms with Crippen molar-refractivity contribution in [1.29, 1.82) is 0 Å². The zero-order valence-corrected chi connectivity index (χ0v) is 18.1. The van der Waals surface area contributed by atoms with E-state index in [1.54, 1.807) is 24.3 Å². The van der Waals surface area contributed by atoms with E-state index in [0.29, 0.717) is 11.3 Å². The number of ether oxygens (including phenoxy) is 6. The summed E-state index contributed by atoms with van der Waals surface area (Å²) in [6, 6.07) is 6.33. The molecule has 0 amide bonds. The summed E-state index contributed by atoms with van der Waals surface area (Å²) >= 11 is 0. The van der Waals surface area contributed by atoms with Crippen LogP contribution in [0, 0.1) is 0 Å². The number of hydrogen-bond acceptors (Lipinski definition) is 11. The predicted molar refractivity (Wildman–Crippen MR) is 105 cm³/mol. The van der Waals surface area contributed by atoms with E-state index in [2.05, 4.69) is 0 Å². The second-order valence-electron chi connectivity index (χ2n) is 6.99. The summed E-state index contributed by atoms with van der Waals surface area (Å²) < 4.78 is 32.6. The predicted octanol–water partition coefficient (Wildman–Crippen LogP) is 0.641. The largest absolute Gasteiger partial charge is 0.463 e. The second-order valence-corrected chi connectivity index (χ2v) is 6.99. The van der Waals surface area contributed by atoms with Crippen molar-refractivity contribution in [2.75, 3.05) is 6.61 Å². The third-order valence-corrected chi connectivity index (χ3v) is 4.31. The molecule has 1 saturated heterocycles. The molecule has 1 aliphatic heterocycles. The number of carbonyl (C=O) groups excluding carboxylic acids is 4. The van der Waals surface area contributed by atoms with Gasteiger partial charge in [-0.2, -0.15) is 0 Å². The normalized spacial score (nSPS) is 24.7. The van der Waals surface area contributed by atoms with Crippen LogP contribution in [0.1, 0.15) is 33.3 Å². The highest BCUT2D eigenvalue weighted by Gasteiger charge is 2.53. The lowest BCUT2D eigenvalue weighted by Crippen LogP contribution is -2.63. The van der Waals surface area contributed by atoms with Gasteiger partial charge in [0.1, 0.15) is 18.5 Å². The van der Waals surface area contributed by atoms with E-state index >= 15 is 0 Å². The molecule has 1 fully saturated rings. The van der Waals surface area contributed by atoms with Crippen LogP contribution in [0.2, 0.25) is 0 Å². The molecule has 32 heavy (non-hydrogen) atoms. The van der Waals surface area contributed by atoms with E-state index in [0.717, 1.165) is 20.8 Å². The molecule has 3 unspecified atom stereocenters. The Labute approximate surface area is 184 Å². The smallest absolute Gasteiger partial charge is 0.303 e. The minimum absolute atomic E-state index is 0.167. The Morgan fingerprint density at radius 2 is 1.34 bits per heavy atom. The number of rotatable bonds is 8. The first-order valence-corrected chi connectivity index (χ1v) is 9.77. The van der Waals surface area contributed by atoms with Crippen molar-refractivity contribution in [2.24, 2.45) is 0 Å². The van der Waals surface area contributed by atoms with Gasteiger partial charge >= 0.3 is 23.9 Å². The molecular formula is C21H26O11. The molecule has 1 aromatic carbocycles. The Bertz CT molecular complexity index is 820. The van der Waals surface area contributed by atoms with Crippen LogP contribution in [0.3, 0.4) is 0 Å². The Morgan fingerprint density at radius 3 is 1.84 bits per heavy atom. The van der Waals surface area contributed by atoms with Crippen LogP contribution in [-0.4, -0.2) is 66.3 Å². The van der Waals surface area contributed by atoms with Crippen molar-refractivity contribution in [2.45, 2.75) is 65.0 Å². The minimum atomic E-state index is -1.31. The van der Waals surface area contributed by atoms with E-state index in [4.69, 9.17) is 28.4 Å². The molecule has 11 heteroatoms. The number of aliphatic hydroxyl groups is 1. The van der Waals surface area contributed by atoms with Gasteiger partial charge < -0.3 is 33.5 Å². The van der Waals surface area contributed by atoms with Gasteiger partial charge in [0.15, 0.2) is 12.2 Å². The molecule has 0 radical (unpaired) electrons. The van der Waals surface area contributed by atoms with Crippen LogP contribution in [-0.2, 0) is 49.5 Å². The highest BCUT2D eigenvalue weighted by Crippen LogP contribution is 2.31. The maximum Gasteiger partial charge on any atom is 0.303 e. The van der Waals surface area contributed by atoms with Gasteiger partial charge in [-0.05, 0) is 17.7 Å². The Kier molecular flexibility index (Phi) is 8.97. The zero-order valence-electron chi connectivity index (χ0n) is 18.1. The van der Waals surface area contributed by atoms with E-state index in [-0.39, 0.29) is 13.2 Å². The summed E-state index contributed by atoms with van der Waals surface area (Å²) in [5, 5.41) is 9.20. The van der Waals surface area contributed by atoms with Gasteiger partial charge in [0.2, 0.25) is 12.4 Å².